The molecule has 1 rings (SSSR count). The molecule has 14 heavy (non-hydrogen) atoms. The van der Waals surface area contributed by atoms with Crippen molar-refractivity contribution < 1.29 is 9.90 Å². The topological polar surface area (TPSA) is 92.2 Å². The molecule has 1 heterocycles. The summed E-state index contributed by atoms with van der Waals surface area (Å²) in [5.41, 5.74) is -1.32. The van der Waals surface area contributed by atoms with Gasteiger partial charge in [-0.25, -0.2) is 9.59 Å². The molecule has 0 spiro atoms. The van der Waals surface area contributed by atoms with E-state index in [2.05, 4.69) is 15.9 Å². The van der Waals surface area contributed by atoms with Crippen LogP contribution in [-0.4, -0.2) is 20.6 Å². The Labute approximate surface area is 86.3 Å². The van der Waals surface area contributed by atoms with Gasteiger partial charge in [-0.3, -0.25) is 14.3 Å². The van der Waals surface area contributed by atoms with E-state index in [1.165, 1.54) is 6.92 Å². The molecular formula is C7H7BrN2O4. The van der Waals surface area contributed by atoms with E-state index in [1.54, 1.807) is 0 Å². The monoisotopic (exact) mass is 262 g/mol. The first-order valence-corrected chi connectivity index (χ1v) is 4.46. The fourth-order valence-electron chi connectivity index (χ4n) is 0.867. The Balaban J connectivity index is 3.37. The first-order chi connectivity index (χ1) is 6.43. The molecule has 0 aliphatic carbocycles. The number of hydrogen-bond acceptors (Lipinski definition) is 3. The highest BCUT2D eigenvalue weighted by Crippen LogP contribution is 2.04. The van der Waals surface area contributed by atoms with Crippen molar-refractivity contribution in [3.8, 4) is 0 Å². The van der Waals surface area contributed by atoms with Gasteiger partial charge in [-0.1, -0.05) is 0 Å². The van der Waals surface area contributed by atoms with Crippen molar-refractivity contribution in [2.75, 3.05) is 0 Å². The van der Waals surface area contributed by atoms with Crippen LogP contribution in [0.1, 0.15) is 13.0 Å². The Hall–Kier alpha value is -1.37. The van der Waals surface area contributed by atoms with E-state index in [9.17, 15) is 14.4 Å². The summed E-state index contributed by atoms with van der Waals surface area (Å²) < 4.78 is 1.04. The zero-order chi connectivity index (χ0) is 10.9. The number of halogens is 1. The van der Waals surface area contributed by atoms with Crippen LogP contribution in [-0.2, 0) is 4.79 Å². The maximum atomic E-state index is 11.2. The minimum atomic E-state index is -1.15. The number of aromatic nitrogens is 2. The molecule has 7 heteroatoms. The molecule has 6 nitrogen and oxygen atoms in total. The number of nitrogens with one attached hydrogen (secondary N) is 1. The zero-order valence-electron chi connectivity index (χ0n) is 7.15. The van der Waals surface area contributed by atoms with E-state index in [1.807, 2.05) is 4.98 Å². The fourth-order valence-corrected chi connectivity index (χ4v) is 1.19. The van der Waals surface area contributed by atoms with Gasteiger partial charge in [0, 0.05) is 6.20 Å². The predicted octanol–water partition coefficient (Wildman–Crippen LogP) is -0.0553. The lowest BCUT2D eigenvalue weighted by atomic mass is 10.3. The molecular weight excluding hydrogens is 256 g/mol. The van der Waals surface area contributed by atoms with Crippen LogP contribution in [0.2, 0.25) is 0 Å². The van der Waals surface area contributed by atoms with Crippen molar-refractivity contribution in [3.63, 3.8) is 0 Å². The molecule has 1 unspecified atom stereocenters. The average Bonchev–Trinajstić information content (AvgIpc) is 2.10. The summed E-state index contributed by atoms with van der Waals surface area (Å²) >= 11 is 2.90. The van der Waals surface area contributed by atoms with Gasteiger partial charge in [-0.2, -0.15) is 0 Å². The second-order valence-corrected chi connectivity index (χ2v) is 3.51. The van der Waals surface area contributed by atoms with E-state index in [0.29, 0.717) is 0 Å². The molecule has 0 aliphatic heterocycles. The van der Waals surface area contributed by atoms with E-state index >= 15 is 0 Å². The van der Waals surface area contributed by atoms with Crippen molar-refractivity contribution in [1.82, 2.24) is 9.55 Å². The summed E-state index contributed by atoms with van der Waals surface area (Å²) in [5.74, 6) is -1.15. The van der Waals surface area contributed by atoms with Gasteiger partial charge in [-0.15, -0.1) is 0 Å². The van der Waals surface area contributed by atoms with Crippen LogP contribution in [0.5, 0.6) is 0 Å². The Morgan fingerprint density at radius 1 is 1.64 bits per heavy atom. The van der Waals surface area contributed by atoms with Gasteiger partial charge in [-0.05, 0) is 22.9 Å². The molecule has 76 valence electrons. The minimum absolute atomic E-state index is 0.116. The number of carboxylic acid groups (broad SMARTS) is 1. The maximum Gasteiger partial charge on any atom is 0.329 e. The van der Waals surface area contributed by atoms with E-state index in [-0.39, 0.29) is 4.47 Å². The molecule has 1 aromatic rings. The van der Waals surface area contributed by atoms with E-state index in [4.69, 9.17) is 5.11 Å². The quantitative estimate of drug-likeness (QED) is 0.782. The molecule has 0 aliphatic rings. The van der Waals surface area contributed by atoms with Crippen molar-refractivity contribution in [2.45, 2.75) is 13.0 Å². The van der Waals surface area contributed by atoms with Gasteiger partial charge in [0.05, 0.1) is 4.47 Å². The van der Waals surface area contributed by atoms with Crippen LogP contribution in [0.4, 0.5) is 0 Å². The summed E-state index contributed by atoms with van der Waals surface area (Å²) in [4.78, 5) is 34.6. The highest BCUT2D eigenvalue weighted by Gasteiger charge is 2.15. The lowest BCUT2D eigenvalue weighted by Gasteiger charge is -2.09. The van der Waals surface area contributed by atoms with Crippen LogP contribution in [0.15, 0.2) is 20.3 Å². The third-order valence-corrected chi connectivity index (χ3v) is 2.26. The average molecular weight is 263 g/mol. The molecule has 0 bridgehead atoms. The number of carbonyl (C=O) groups is 1. The molecule has 2 N–H and O–H groups in total. The molecule has 0 aromatic carbocycles. The number of hydrogen-bond donors (Lipinski definition) is 2. The first kappa shape index (κ1) is 10.7. The number of H-pyrrole nitrogens is 1. The largest absolute Gasteiger partial charge is 0.480 e. The predicted molar refractivity (Wildman–Crippen MR) is 51.4 cm³/mol. The number of nitrogens with zero attached hydrogens (tertiary/aromatic N) is 1. The minimum Gasteiger partial charge on any atom is -0.480 e. The Morgan fingerprint density at radius 3 is 2.71 bits per heavy atom. The number of carboxylic acids is 1. The van der Waals surface area contributed by atoms with Crippen molar-refractivity contribution >= 4 is 21.9 Å². The van der Waals surface area contributed by atoms with Gasteiger partial charge in [0.25, 0.3) is 5.56 Å². The van der Waals surface area contributed by atoms with Crippen LogP contribution >= 0.6 is 15.9 Å². The summed E-state index contributed by atoms with van der Waals surface area (Å²) in [6, 6.07) is -1.02. The third kappa shape index (κ3) is 1.92. The van der Waals surface area contributed by atoms with Crippen molar-refractivity contribution in [2.24, 2.45) is 0 Å². The van der Waals surface area contributed by atoms with Crippen LogP contribution < -0.4 is 11.2 Å². The standard InChI is InChI=1S/C7H7BrN2O4/c1-3(6(12)13)10-2-4(8)5(11)9-7(10)14/h2-3H,1H3,(H,12,13)(H,9,11,14). The molecule has 0 radical (unpaired) electrons. The van der Waals surface area contributed by atoms with Gasteiger partial charge in [0.2, 0.25) is 0 Å². The van der Waals surface area contributed by atoms with E-state index in [0.717, 1.165) is 10.8 Å². The molecule has 0 amide bonds. The second kappa shape index (κ2) is 3.79. The van der Waals surface area contributed by atoms with Crippen LogP contribution in [0.3, 0.4) is 0 Å². The summed E-state index contributed by atoms with van der Waals surface area (Å²) in [5, 5.41) is 8.65. The Morgan fingerprint density at radius 2 is 2.21 bits per heavy atom. The lowest BCUT2D eigenvalue weighted by molar-refractivity contribution is -0.140. The summed E-state index contributed by atoms with van der Waals surface area (Å²) in [7, 11) is 0. The smallest absolute Gasteiger partial charge is 0.329 e. The number of aromatic amines is 1. The van der Waals surface area contributed by atoms with E-state index < -0.39 is 23.3 Å². The molecule has 1 aromatic heterocycles. The normalized spacial score (nSPS) is 12.4. The molecule has 1 atom stereocenters. The van der Waals surface area contributed by atoms with Crippen LogP contribution in [0.25, 0.3) is 0 Å². The number of aliphatic carboxylic acids is 1. The Kier molecular flexibility index (Phi) is 2.90. The lowest BCUT2D eigenvalue weighted by Crippen LogP contribution is -2.34. The second-order valence-electron chi connectivity index (χ2n) is 2.66. The van der Waals surface area contributed by atoms with Gasteiger partial charge in [0.15, 0.2) is 0 Å². The first-order valence-electron chi connectivity index (χ1n) is 3.67. The molecule has 0 fully saturated rings. The van der Waals surface area contributed by atoms with Gasteiger partial charge in [0.1, 0.15) is 6.04 Å². The van der Waals surface area contributed by atoms with Crippen LogP contribution in [0, 0.1) is 0 Å². The third-order valence-electron chi connectivity index (χ3n) is 1.70. The summed E-state index contributed by atoms with van der Waals surface area (Å²) in [6.07, 6.45) is 1.15. The molecule has 0 saturated carbocycles. The SMILES string of the molecule is CC(C(=O)O)n1cc(Br)c(=O)[nH]c1=O. The highest BCUT2D eigenvalue weighted by atomic mass is 79.9. The maximum absolute atomic E-state index is 11.2. The van der Waals surface area contributed by atoms with Crippen molar-refractivity contribution in [1.29, 1.82) is 0 Å². The number of rotatable bonds is 2. The summed E-state index contributed by atoms with van der Waals surface area (Å²) in [6.45, 7) is 1.34. The van der Waals surface area contributed by atoms with Crippen molar-refractivity contribution in [3.05, 3.63) is 31.5 Å². The Bertz CT molecular complexity index is 475. The van der Waals surface area contributed by atoms with Gasteiger partial charge < -0.3 is 5.11 Å². The zero-order valence-corrected chi connectivity index (χ0v) is 8.74. The molecule has 0 saturated heterocycles. The van der Waals surface area contributed by atoms with Gasteiger partial charge >= 0.3 is 11.7 Å². The fraction of sp³-hybridized carbons (Fsp3) is 0.286. The highest BCUT2D eigenvalue weighted by molar-refractivity contribution is 9.10.